The molecule has 1 aromatic carbocycles. The maximum Gasteiger partial charge on any atom is 0.416 e. The first-order chi connectivity index (χ1) is 8.91. The van der Waals surface area contributed by atoms with E-state index in [-0.39, 0.29) is 10.2 Å². The van der Waals surface area contributed by atoms with Crippen LogP contribution in [0.2, 0.25) is 0 Å². The van der Waals surface area contributed by atoms with Gasteiger partial charge in [-0.25, -0.2) is 0 Å². The molecule has 0 unspecified atom stereocenters. The smallest absolute Gasteiger partial charge is 0.345 e. The molecule has 0 bridgehead atoms. The number of nitrogens with one attached hydrogen (secondary N) is 1. The van der Waals surface area contributed by atoms with Crippen molar-refractivity contribution in [3.8, 4) is 17.3 Å². The Labute approximate surface area is 112 Å². The molecule has 1 N–H and O–H groups in total. The number of rotatable bonds is 1. The van der Waals surface area contributed by atoms with Crippen LogP contribution in [0.15, 0.2) is 36.4 Å². The fraction of sp³-hybridized carbons (Fsp3) is 0.0769. The number of aromatic amines is 1. The fourth-order valence-corrected chi connectivity index (χ4v) is 1.82. The van der Waals surface area contributed by atoms with E-state index in [2.05, 4.69) is 4.98 Å². The van der Waals surface area contributed by atoms with Crippen LogP contribution >= 0.6 is 12.2 Å². The van der Waals surface area contributed by atoms with E-state index in [0.29, 0.717) is 11.3 Å². The molecule has 2 nitrogen and oxygen atoms in total. The van der Waals surface area contributed by atoms with Gasteiger partial charge in [0.05, 0.1) is 11.1 Å². The number of pyridine rings is 1. The van der Waals surface area contributed by atoms with Crippen LogP contribution in [0.4, 0.5) is 13.2 Å². The number of nitriles is 1. The maximum absolute atomic E-state index is 12.6. The van der Waals surface area contributed by atoms with Crippen LogP contribution in [0.3, 0.4) is 0 Å². The van der Waals surface area contributed by atoms with Crippen molar-refractivity contribution < 1.29 is 13.2 Å². The number of H-pyrrole nitrogens is 1. The second kappa shape index (κ2) is 4.86. The van der Waals surface area contributed by atoms with Gasteiger partial charge in [0.15, 0.2) is 0 Å². The van der Waals surface area contributed by atoms with E-state index in [1.165, 1.54) is 18.2 Å². The molecule has 0 aliphatic rings. The summed E-state index contributed by atoms with van der Waals surface area (Å²) in [7, 11) is 0. The van der Waals surface area contributed by atoms with Gasteiger partial charge in [-0.1, -0.05) is 24.4 Å². The van der Waals surface area contributed by atoms with Gasteiger partial charge in [0.2, 0.25) is 0 Å². The van der Waals surface area contributed by atoms with Gasteiger partial charge in [-0.3, -0.25) is 0 Å². The lowest BCUT2D eigenvalue weighted by Crippen LogP contribution is -2.04. The second-order valence-corrected chi connectivity index (χ2v) is 4.21. The lowest BCUT2D eigenvalue weighted by atomic mass is 10.1. The minimum Gasteiger partial charge on any atom is -0.345 e. The molecule has 0 aliphatic carbocycles. The molecule has 6 heteroatoms. The number of halogens is 3. The van der Waals surface area contributed by atoms with E-state index in [1.54, 1.807) is 6.07 Å². The number of benzene rings is 1. The van der Waals surface area contributed by atoms with E-state index in [0.717, 1.165) is 12.1 Å². The average molecular weight is 280 g/mol. The Morgan fingerprint density at radius 3 is 2.47 bits per heavy atom. The van der Waals surface area contributed by atoms with Crippen LogP contribution in [0.25, 0.3) is 11.3 Å². The molecule has 19 heavy (non-hydrogen) atoms. The Morgan fingerprint density at radius 1 is 1.16 bits per heavy atom. The number of hydrogen-bond donors (Lipinski definition) is 1. The van der Waals surface area contributed by atoms with Crippen LogP contribution < -0.4 is 0 Å². The zero-order chi connectivity index (χ0) is 14.0. The maximum atomic E-state index is 12.6. The third-order valence-corrected chi connectivity index (χ3v) is 2.85. The number of alkyl halides is 3. The highest BCUT2D eigenvalue weighted by Gasteiger charge is 2.30. The number of aromatic nitrogens is 1. The zero-order valence-corrected chi connectivity index (χ0v) is 10.3. The summed E-state index contributed by atoms with van der Waals surface area (Å²) < 4.78 is 38.0. The highest BCUT2D eigenvalue weighted by molar-refractivity contribution is 7.71. The molecule has 1 aromatic heterocycles. The highest BCUT2D eigenvalue weighted by atomic mass is 32.1. The molecule has 0 amide bonds. The van der Waals surface area contributed by atoms with Crippen molar-refractivity contribution in [2.45, 2.75) is 6.18 Å². The molecule has 96 valence electrons. The van der Waals surface area contributed by atoms with Crippen molar-refractivity contribution in [1.82, 2.24) is 4.98 Å². The van der Waals surface area contributed by atoms with Crippen molar-refractivity contribution in [1.29, 1.82) is 5.26 Å². The molecular formula is C13H7F3N2S. The summed E-state index contributed by atoms with van der Waals surface area (Å²) in [6, 6.07) is 9.81. The van der Waals surface area contributed by atoms with Crippen molar-refractivity contribution in [3.63, 3.8) is 0 Å². The summed E-state index contributed by atoms with van der Waals surface area (Å²) in [6.07, 6.45) is -4.39. The molecule has 0 aliphatic heterocycles. The molecule has 2 rings (SSSR count). The van der Waals surface area contributed by atoms with Crippen molar-refractivity contribution in [3.05, 3.63) is 52.2 Å². The van der Waals surface area contributed by atoms with E-state index >= 15 is 0 Å². The minimum atomic E-state index is -4.39. The zero-order valence-electron chi connectivity index (χ0n) is 9.45. The Kier molecular flexibility index (Phi) is 3.40. The highest BCUT2D eigenvalue weighted by Crippen LogP contribution is 2.31. The molecule has 0 saturated heterocycles. The third kappa shape index (κ3) is 2.83. The first kappa shape index (κ1) is 13.3. The molecule has 2 aromatic rings. The summed E-state index contributed by atoms with van der Waals surface area (Å²) in [6.45, 7) is 0. The fourth-order valence-electron chi connectivity index (χ4n) is 1.59. The molecule has 0 fully saturated rings. The predicted octanol–water partition coefficient (Wildman–Crippen LogP) is 4.30. The minimum absolute atomic E-state index is 0.206. The van der Waals surface area contributed by atoms with Crippen molar-refractivity contribution in [2.24, 2.45) is 0 Å². The predicted molar refractivity (Wildman–Crippen MR) is 66.8 cm³/mol. The van der Waals surface area contributed by atoms with Crippen LogP contribution in [0.5, 0.6) is 0 Å². The molecule has 1 heterocycles. The largest absolute Gasteiger partial charge is 0.416 e. The van der Waals surface area contributed by atoms with Crippen molar-refractivity contribution >= 4 is 12.2 Å². The van der Waals surface area contributed by atoms with Gasteiger partial charge in [-0.2, -0.15) is 18.4 Å². The van der Waals surface area contributed by atoms with Gasteiger partial charge in [-0.05, 0) is 29.8 Å². The normalized spacial score (nSPS) is 11.1. The summed E-state index contributed by atoms with van der Waals surface area (Å²) in [5.41, 5.74) is 0.361. The van der Waals surface area contributed by atoms with E-state index in [1.807, 2.05) is 6.07 Å². The van der Waals surface area contributed by atoms with E-state index < -0.39 is 11.7 Å². The number of nitrogens with zero attached hydrogens (tertiary/aromatic N) is 1. The van der Waals surface area contributed by atoms with Crippen LogP contribution in [-0.4, -0.2) is 4.98 Å². The average Bonchev–Trinajstić information content (AvgIpc) is 2.38. The SMILES string of the molecule is N#Cc1ccc(-c2cccc(C(F)(F)F)c2)[nH]c1=S. The van der Waals surface area contributed by atoms with Gasteiger partial charge in [-0.15, -0.1) is 0 Å². The topological polar surface area (TPSA) is 39.6 Å². The quantitative estimate of drug-likeness (QED) is 0.791. The van der Waals surface area contributed by atoms with Gasteiger partial charge in [0.1, 0.15) is 10.7 Å². The first-order valence-corrected chi connectivity index (χ1v) is 5.63. The van der Waals surface area contributed by atoms with Crippen molar-refractivity contribution in [2.75, 3.05) is 0 Å². The Morgan fingerprint density at radius 2 is 1.89 bits per heavy atom. The van der Waals surface area contributed by atoms with Crippen LogP contribution in [-0.2, 0) is 6.18 Å². The summed E-state index contributed by atoms with van der Waals surface area (Å²) >= 11 is 4.94. The standard InChI is InChI=1S/C13H7F3N2S/c14-13(15,16)10-3-1-2-8(6-10)11-5-4-9(7-17)12(19)18-11/h1-6H,(H,18,19). The van der Waals surface area contributed by atoms with E-state index in [4.69, 9.17) is 17.5 Å². The van der Waals surface area contributed by atoms with Gasteiger partial charge in [0.25, 0.3) is 0 Å². The lowest BCUT2D eigenvalue weighted by molar-refractivity contribution is -0.137. The molecule has 0 saturated carbocycles. The van der Waals surface area contributed by atoms with Gasteiger partial charge < -0.3 is 4.98 Å². The number of hydrogen-bond acceptors (Lipinski definition) is 2. The van der Waals surface area contributed by atoms with Crippen LogP contribution in [0.1, 0.15) is 11.1 Å². The molecule has 0 atom stereocenters. The van der Waals surface area contributed by atoms with E-state index in [9.17, 15) is 13.2 Å². The lowest BCUT2D eigenvalue weighted by Gasteiger charge is -2.09. The summed E-state index contributed by atoms with van der Waals surface area (Å²) in [4.78, 5) is 2.75. The summed E-state index contributed by atoms with van der Waals surface area (Å²) in [5.74, 6) is 0. The second-order valence-electron chi connectivity index (χ2n) is 3.81. The molecular weight excluding hydrogens is 273 g/mol. The first-order valence-electron chi connectivity index (χ1n) is 5.23. The van der Waals surface area contributed by atoms with Crippen LogP contribution in [0, 0.1) is 16.0 Å². The Hall–Kier alpha value is -2.13. The third-order valence-electron chi connectivity index (χ3n) is 2.53. The Balaban J connectivity index is 2.52. The summed E-state index contributed by atoms with van der Waals surface area (Å²) in [5, 5.41) is 8.75. The van der Waals surface area contributed by atoms with Gasteiger partial charge in [0, 0.05) is 5.69 Å². The molecule has 0 spiro atoms. The molecule has 0 radical (unpaired) electrons. The monoisotopic (exact) mass is 280 g/mol. The van der Waals surface area contributed by atoms with Gasteiger partial charge >= 0.3 is 6.18 Å². The Bertz CT molecular complexity index is 711.